The van der Waals surface area contributed by atoms with Crippen molar-refractivity contribution in [3.05, 3.63) is 23.8 Å². The van der Waals surface area contributed by atoms with E-state index in [1.165, 1.54) is 0 Å². The zero-order chi connectivity index (χ0) is 14.0. The molecule has 0 aliphatic carbocycles. The lowest BCUT2D eigenvalue weighted by atomic mass is 9.94. The Kier molecular flexibility index (Phi) is 4.27. The quantitative estimate of drug-likeness (QED) is 0.826. The fraction of sp³-hybridized carbons (Fsp3) is 0.538. The number of nitrogen functional groups attached to an aromatic ring is 1. The number of hydrogen-bond donors (Lipinski definition) is 2. The molecule has 0 heterocycles. The van der Waals surface area contributed by atoms with Crippen LogP contribution in [-0.2, 0) is 10.0 Å². The predicted octanol–water partition coefficient (Wildman–Crippen LogP) is 2.76. The molecule has 0 amide bonds. The minimum Gasteiger partial charge on any atom is -0.399 e. The number of aryl methyl sites for hydroxylation is 1. The SMILES string of the molecule is Cc1cc(NS(=O)(=O)CCC(C)(C)C)ccc1N. The van der Waals surface area contributed by atoms with Crippen LogP contribution < -0.4 is 10.5 Å². The summed E-state index contributed by atoms with van der Waals surface area (Å²) in [4.78, 5) is 0. The van der Waals surface area contributed by atoms with Gasteiger partial charge < -0.3 is 5.73 Å². The highest BCUT2D eigenvalue weighted by molar-refractivity contribution is 7.92. The third-order valence-electron chi connectivity index (χ3n) is 2.66. The maximum absolute atomic E-state index is 11.9. The number of rotatable bonds is 4. The van der Waals surface area contributed by atoms with Crippen LogP contribution in [0.1, 0.15) is 32.8 Å². The molecule has 0 aromatic heterocycles. The van der Waals surface area contributed by atoms with Crippen molar-refractivity contribution >= 4 is 21.4 Å². The van der Waals surface area contributed by atoms with Crippen LogP contribution in [0.15, 0.2) is 18.2 Å². The van der Waals surface area contributed by atoms with E-state index in [-0.39, 0.29) is 11.2 Å². The monoisotopic (exact) mass is 270 g/mol. The molecule has 18 heavy (non-hydrogen) atoms. The molecule has 0 bridgehead atoms. The molecular weight excluding hydrogens is 248 g/mol. The number of hydrogen-bond acceptors (Lipinski definition) is 3. The number of sulfonamides is 1. The van der Waals surface area contributed by atoms with Crippen LogP contribution in [0.4, 0.5) is 11.4 Å². The summed E-state index contributed by atoms with van der Waals surface area (Å²) in [6, 6.07) is 5.12. The highest BCUT2D eigenvalue weighted by Crippen LogP contribution is 2.21. The van der Waals surface area contributed by atoms with E-state index >= 15 is 0 Å². The van der Waals surface area contributed by atoms with Gasteiger partial charge in [0.25, 0.3) is 0 Å². The first-order chi connectivity index (χ1) is 8.09. The van der Waals surface area contributed by atoms with Gasteiger partial charge in [0, 0.05) is 11.4 Å². The summed E-state index contributed by atoms with van der Waals surface area (Å²) >= 11 is 0. The van der Waals surface area contributed by atoms with E-state index in [1.807, 2.05) is 27.7 Å². The van der Waals surface area contributed by atoms with Gasteiger partial charge in [-0.2, -0.15) is 0 Å². The van der Waals surface area contributed by atoms with Crippen LogP contribution in [0.3, 0.4) is 0 Å². The van der Waals surface area contributed by atoms with Crippen LogP contribution in [-0.4, -0.2) is 14.2 Å². The maximum atomic E-state index is 11.9. The minimum absolute atomic E-state index is 0.00574. The van der Waals surface area contributed by atoms with Gasteiger partial charge in [0.15, 0.2) is 0 Å². The van der Waals surface area contributed by atoms with E-state index in [0.29, 0.717) is 17.8 Å². The smallest absolute Gasteiger partial charge is 0.232 e. The maximum Gasteiger partial charge on any atom is 0.232 e. The lowest BCUT2D eigenvalue weighted by Crippen LogP contribution is -2.21. The van der Waals surface area contributed by atoms with Crippen molar-refractivity contribution in [3.8, 4) is 0 Å². The lowest BCUT2D eigenvalue weighted by Gasteiger charge is -2.18. The van der Waals surface area contributed by atoms with Gasteiger partial charge in [-0.15, -0.1) is 0 Å². The van der Waals surface area contributed by atoms with Gasteiger partial charge in [0.2, 0.25) is 10.0 Å². The van der Waals surface area contributed by atoms with Crippen molar-refractivity contribution in [1.82, 2.24) is 0 Å². The summed E-state index contributed by atoms with van der Waals surface area (Å²) in [6.45, 7) is 7.92. The Hall–Kier alpha value is -1.23. The summed E-state index contributed by atoms with van der Waals surface area (Å²) < 4.78 is 26.4. The van der Waals surface area contributed by atoms with E-state index in [4.69, 9.17) is 5.73 Å². The largest absolute Gasteiger partial charge is 0.399 e. The highest BCUT2D eigenvalue weighted by atomic mass is 32.2. The Balaban J connectivity index is 2.74. The average Bonchev–Trinajstić information content (AvgIpc) is 2.20. The molecule has 0 unspecified atom stereocenters. The second-order valence-electron chi connectivity index (χ2n) is 5.80. The zero-order valence-corrected chi connectivity index (χ0v) is 12.3. The predicted molar refractivity (Wildman–Crippen MR) is 77.1 cm³/mol. The molecule has 0 radical (unpaired) electrons. The van der Waals surface area contributed by atoms with Gasteiger partial charge in [-0.25, -0.2) is 8.42 Å². The third kappa shape index (κ3) is 4.96. The Labute approximate surface area is 110 Å². The summed E-state index contributed by atoms with van der Waals surface area (Å²) in [5, 5.41) is 0. The topological polar surface area (TPSA) is 72.2 Å². The van der Waals surface area contributed by atoms with Crippen LogP contribution in [0, 0.1) is 12.3 Å². The van der Waals surface area contributed by atoms with Gasteiger partial charge in [-0.05, 0) is 42.5 Å². The average molecular weight is 270 g/mol. The van der Waals surface area contributed by atoms with Gasteiger partial charge >= 0.3 is 0 Å². The van der Waals surface area contributed by atoms with Crippen LogP contribution in [0.2, 0.25) is 0 Å². The van der Waals surface area contributed by atoms with Gasteiger partial charge in [0.05, 0.1) is 5.75 Å². The lowest BCUT2D eigenvalue weighted by molar-refractivity contribution is 0.397. The molecule has 1 aromatic rings. The number of nitrogens with two attached hydrogens (primary N) is 1. The first-order valence-corrected chi connectivity index (χ1v) is 7.61. The number of nitrogens with one attached hydrogen (secondary N) is 1. The molecule has 1 aromatic carbocycles. The Bertz CT molecular complexity index is 516. The van der Waals surface area contributed by atoms with E-state index in [1.54, 1.807) is 18.2 Å². The second-order valence-corrected chi connectivity index (χ2v) is 7.64. The Morgan fingerprint density at radius 3 is 2.39 bits per heavy atom. The van der Waals surface area contributed by atoms with Crippen LogP contribution in [0.25, 0.3) is 0 Å². The van der Waals surface area contributed by atoms with E-state index in [2.05, 4.69) is 4.72 Å². The molecule has 0 saturated heterocycles. The second kappa shape index (κ2) is 5.18. The van der Waals surface area contributed by atoms with Crippen molar-refractivity contribution in [2.75, 3.05) is 16.2 Å². The molecule has 5 heteroatoms. The normalized spacial score (nSPS) is 12.4. The third-order valence-corrected chi connectivity index (χ3v) is 3.95. The van der Waals surface area contributed by atoms with E-state index in [9.17, 15) is 8.42 Å². The van der Waals surface area contributed by atoms with Crippen molar-refractivity contribution in [1.29, 1.82) is 0 Å². The molecule has 0 saturated carbocycles. The zero-order valence-electron chi connectivity index (χ0n) is 11.4. The standard InChI is InChI=1S/C13H22N2O2S/c1-10-9-11(5-6-12(10)14)15-18(16,17)8-7-13(2,3)4/h5-6,9,15H,7-8,14H2,1-4H3. The Morgan fingerprint density at radius 1 is 1.28 bits per heavy atom. The minimum atomic E-state index is -3.29. The first kappa shape index (κ1) is 14.8. The van der Waals surface area contributed by atoms with Crippen molar-refractivity contribution in [3.63, 3.8) is 0 Å². The molecule has 0 spiro atoms. The summed E-state index contributed by atoms with van der Waals surface area (Å²) in [5.74, 6) is 0.125. The number of anilines is 2. The van der Waals surface area contributed by atoms with E-state index in [0.717, 1.165) is 5.56 Å². The van der Waals surface area contributed by atoms with Gasteiger partial charge in [-0.1, -0.05) is 20.8 Å². The van der Waals surface area contributed by atoms with Crippen molar-refractivity contribution in [2.45, 2.75) is 34.1 Å². The molecule has 0 atom stereocenters. The Morgan fingerprint density at radius 2 is 1.89 bits per heavy atom. The highest BCUT2D eigenvalue weighted by Gasteiger charge is 2.17. The fourth-order valence-electron chi connectivity index (χ4n) is 1.41. The molecule has 0 aliphatic heterocycles. The van der Waals surface area contributed by atoms with Crippen molar-refractivity contribution < 1.29 is 8.42 Å². The molecular formula is C13H22N2O2S. The fourth-order valence-corrected chi connectivity index (χ4v) is 2.88. The molecule has 3 N–H and O–H groups in total. The van der Waals surface area contributed by atoms with Gasteiger partial charge in [0.1, 0.15) is 0 Å². The molecule has 0 fully saturated rings. The summed E-state index contributed by atoms with van der Waals surface area (Å²) in [5.41, 5.74) is 7.79. The van der Waals surface area contributed by atoms with Gasteiger partial charge in [-0.3, -0.25) is 4.72 Å². The van der Waals surface area contributed by atoms with Crippen LogP contribution in [0.5, 0.6) is 0 Å². The van der Waals surface area contributed by atoms with Crippen molar-refractivity contribution in [2.24, 2.45) is 5.41 Å². The molecule has 0 aliphatic rings. The van der Waals surface area contributed by atoms with Crippen LogP contribution >= 0.6 is 0 Å². The first-order valence-electron chi connectivity index (χ1n) is 5.96. The molecule has 1 rings (SSSR count). The summed E-state index contributed by atoms with van der Waals surface area (Å²) in [7, 11) is -3.29. The molecule has 102 valence electrons. The van der Waals surface area contributed by atoms with E-state index < -0.39 is 10.0 Å². The summed E-state index contributed by atoms with van der Waals surface area (Å²) in [6.07, 6.45) is 0.621. The number of benzene rings is 1. The molecule has 4 nitrogen and oxygen atoms in total.